The fourth-order valence-electron chi connectivity index (χ4n) is 3.97. The number of nitrogens with one attached hydrogen (secondary N) is 1. The van der Waals surface area contributed by atoms with E-state index >= 15 is 0 Å². The summed E-state index contributed by atoms with van der Waals surface area (Å²) in [6, 6.07) is 3.97. The third-order valence-electron chi connectivity index (χ3n) is 5.23. The molecule has 164 valence electrons. The molecule has 4 atom stereocenters. The molecule has 2 aliphatic rings. The molecule has 0 aliphatic carbocycles. The number of halogens is 2. The standard InChI is InChI=1S/C19H29ClFN3O4S/c1-13-10-23(7-8-27-13)18(19-16(20)5-4-6-17(19)21)9-22-29(25,26)24-11-14(2)28-15(3)12-24/h4-6,13-15,18,22H,7-12H2,1-3H3/t13-,14-,15+,18+/m1/s1. The minimum absolute atomic E-state index is 0.00975. The smallest absolute Gasteiger partial charge is 0.279 e. The Morgan fingerprint density at radius 2 is 1.90 bits per heavy atom. The fourth-order valence-corrected chi connectivity index (χ4v) is 5.63. The molecule has 2 heterocycles. The summed E-state index contributed by atoms with van der Waals surface area (Å²) in [6.45, 7) is 7.80. The Hall–Kier alpha value is -0.810. The first kappa shape index (κ1) is 22.9. The van der Waals surface area contributed by atoms with Crippen LogP contribution in [0.4, 0.5) is 4.39 Å². The highest BCUT2D eigenvalue weighted by Gasteiger charge is 2.34. The molecule has 1 N–H and O–H groups in total. The van der Waals surface area contributed by atoms with Gasteiger partial charge in [-0.2, -0.15) is 12.7 Å². The van der Waals surface area contributed by atoms with Crippen molar-refractivity contribution < 1.29 is 22.3 Å². The zero-order chi connectivity index (χ0) is 21.2. The van der Waals surface area contributed by atoms with Gasteiger partial charge in [0.15, 0.2) is 0 Å². The number of benzene rings is 1. The maximum Gasteiger partial charge on any atom is 0.279 e. The third-order valence-corrected chi connectivity index (χ3v) is 7.07. The van der Waals surface area contributed by atoms with E-state index in [2.05, 4.69) is 4.72 Å². The van der Waals surface area contributed by atoms with Gasteiger partial charge in [-0.3, -0.25) is 4.90 Å². The van der Waals surface area contributed by atoms with Gasteiger partial charge < -0.3 is 9.47 Å². The molecule has 7 nitrogen and oxygen atoms in total. The second-order valence-electron chi connectivity index (χ2n) is 7.76. The Morgan fingerprint density at radius 3 is 2.52 bits per heavy atom. The van der Waals surface area contributed by atoms with Gasteiger partial charge in [0.05, 0.1) is 31.0 Å². The SMILES string of the molecule is C[C@@H]1CN([C@@H](CNS(=O)(=O)N2C[C@@H](C)O[C@@H](C)C2)c2c(F)cccc2Cl)CCO1. The molecule has 1 aromatic carbocycles. The van der Waals surface area contributed by atoms with Crippen LogP contribution in [0.3, 0.4) is 0 Å². The van der Waals surface area contributed by atoms with Gasteiger partial charge in [-0.1, -0.05) is 17.7 Å². The van der Waals surface area contributed by atoms with Gasteiger partial charge in [0.25, 0.3) is 10.2 Å². The van der Waals surface area contributed by atoms with E-state index in [1.807, 2.05) is 25.7 Å². The summed E-state index contributed by atoms with van der Waals surface area (Å²) < 4.78 is 55.8. The normalized spacial score (nSPS) is 28.4. The Kier molecular flexibility index (Phi) is 7.53. The average Bonchev–Trinajstić information content (AvgIpc) is 2.63. The Bertz CT molecular complexity index is 782. The molecule has 2 aliphatic heterocycles. The lowest BCUT2D eigenvalue weighted by atomic mass is 10.0. The van der Waals surface area contributed by atoms with E-state index in [1.165, 1.54) is 10.4 Å². The highest BCUT2D eigenvalue weighted by molar-refractivity contribution is 7.87. The fraction of sp³-hybridized carbons (Fsp3) is 0.684. The van der Waals surface area contributed by atoms with Crippen LogP contribution in [0.5, 0.6) is 0 Å². The summed E-state index contributed by atoms with van der Waals surface area (Å²) in [6.07, 6.45) is -0.409. The number of nitrogens with zero attached hydrogens (tertiary/aromatic N) is 2. The summed E-state index contributed by atoms with van der Waals surface area (Å²) >= 11 is 6.31. The lowest BCUT2D eigenvalue weighted by Crippen LogP contribution is -2.53. The second-order valence-corrected chi connectivity index (χ2v) is 9.92. The Labute approximate surface area is 177 Å². The van der Waals surface area contributed by atoms with Gasteiger partial charge in [-0.05, 0) is 32.9 Å². The zero-order valence-corrected chi connectivity index (χ0v) is 18.5. The Morgan fingerprint density at radius 1 is 1.21 bits per heavy atom. The van der Waals surface area contributed by atoms with E-state index in [1.54, 1.807) is 12.1 Å². The predicted octanol–water partition coefficient (Wildman–Crippen LogP) is 2.18. The molecule has 0 amide bonds. The molecule has 1 aromatic rings. The molecule has 0 unspecified atom stereocenters. The highest BCUT2D eigenvalue weighted by Crippen LogP contribution is 2.31. The van der Waals surface area contributed by atoms with Crippen molar-refractivity contribution in [2.75, 3.05) is 39.3 Å². The van der Waals surface area contributed by atoms with Gasteiger partial charge in [0, 0.05) is 43.3 Å². The first-order valence-corrected chi connectivity index (χ1v) is 11.7. The molecule has 0 spiro atoms. The summed E-state index contributed by atoms with van der Waals surface area (Å²) in [4.78, 5) is 2.02. The molecule has 3 rings (SSSR count). The Balaban J connectivity index is 1.82. The molecule has 0 aromatic heterocycles. The van der Waals surface area contributed by atoms with Crippen molar-refractivity contribution in [2.24, 2.45) is 0 Å². The van der Waals surface area contributed by atoms with Gasteiger partial charge >= 0.3 is 0 Å². The van der Waals surface area contributed by atoms with Crippen LogP contribution in [-0.2, 0) is 19.7 Å². The summed E-state index contributed by atoms with van der Waals surface area (Å²) in [5, 5.41) is 0.280. The van der Waals surface area contributed by atoms with Crippen LogP contribution in [0.25, 0.3) is 0 Å². The van der Waals surface area contributed by atoms with Crippen LogP contribution < -0.4 is 4.72 Å². The van der Waals surface area contributed by atoms with Crippen LogP contribution in [0.2, 0.25) is 5.02 Å². The lowest BCUT2D eigenvalue weighted by molar-refractivity contribution is -0.0448. The van der Waals surface area contributed by atoms with Crippen molar-refractivity contribution in [3.05, 3.63) is 34.6 Å². The molecule has 2 saturated heterocycles. The van der Waals surface area contributed by atoms with Crippen LogP contribution in [0.15, 0.2) is 18.2 Å². The van der Waals surface area contributed by atoms with Crippen molar-refractivity contribution in [1.29, 1.82) is 0 Å². The van der Waals surface area contributed by atoms with Crippen molar-refractivity contribution in [3.63, 3.8) is 0 Å². The molecule has 29 heavy (non-hydrogen) atoms. The predicted molar refractivity (Wildman–Crippen MR) is 110 cm³/mol. The van der Waals surface area contributed by atoms with Crippen LogP contribution >= 0.6 is 11.6 Å². The average molecular weight is 450 g/mol. The molecule has 2 fully saturated rings. The number of ether oxygens (including phenoxy) is 2. The van der Waals surface area contributed by atoms with Crippen LogP contribution in [-0.4, -0.2) is 75.3 Å². The topological polar surface area (TPSA) is 71.1 Å². The van der Waals surface area contributed by atoms with E-state index < -0.39 is 22.1 Å². The molecular weight excluding hydrogens is 421 g/mol. The molecule has 0 radical (unpaired) electrons. The number of morpholine rings is 2. The third kappa shape index (κ3) is 5.66. The largest absolute Gasteiger partial charge is 0.376 e. The first-order chi connectivity index (χ1) is 13.7. The van der Waals surface area contributed by atoms with Gasteiger partial charge in [-0.25, -0.2) is 9.11 Å². The maximum absolute atomic E-state index is 14.7. The van der Waals surface area contributed by atoms with Crippen molar-refractivity contribution in [1.82, 2.24) is 13.9 Å². The highest BCUT2D eigenvalue weighted by atomic mass is 35.5. The van der Waals surface area contributed by atoms with E-state index in [0.717, 1.165) is 0 Å². The molecule has 0 bridgehead atoms. The number of rotatable bonds is 6. The minimum Gasteiger partial charge on any atom is -0.376 e. The monoisotopic (exact) mass is 449 g/mol. The van der Waals surface area contributed by atoms with E-state index in [4.69, 9.17) is 21.1 Å². The van der Waals surface area contributed by atoms with Crippen LogP contribution in [0.1, 0.15) is 32.4 Å². The lowest BCUT2D eigenvalue weighted by Gasteiger charge is -2.39. The summed E-state index contributed by atoms with van der Waals surface area (Å²) in [5.41, 5.74) is 0.301. The van der Waals surface area contributed by atoms with Crippen molar-refractivity contribution in [3.8, 4) is 0 Å². The van der Waals surface area contributed by atoms with Crippen molar-refractivity contribution in [2.45, 2.75) is 45.1 Å². The van der Waals surface area contributed by atoms with E-state index in [0.29, 0.717) is 25.3 Å². The van der Waals surface area contributed by atoms with E-state index in [-0.39, 0.29) is 43.0 Å². The zero-order valence-electron chi connectivity index (χ0n) is 17.0. The molecule has 0 saturated carbocycles. The molecular formula is C19H29ClFN3O4S. The minimum atomic E-state index is -3.75. The summed E-state index contributed by atoms with van der Waals surface area (Å²) in [7, 11) is -3.75. The van der Waals surface area contributed by atoms with Crippen molar-refractivity contribution >= 4 is 21.8 Å². The van der Waals surface area contributed by atoms with Crippen LogP contribution in [0, 0.1) is 5.82 Å². The van der Waals surface area contributed by atoms with Gasteiger partial charge in [0.2, 0.25) is 0 Å². The quantitative estimate of drug-likeness (QED) is 0.720. The van der Waals surface area contributed by atoms with Gasteiger partial charge in [0.1, 0.15) is 5.82 Å². The first-order valence-electron chi connectivity index (χ1n) is 9.87. The number of hydrogen-bond donors (Lipinski definition) is 1. The maximum atomic E-state index is 14.7. The number of hydrogen-bond acceptors (Lipinski definition) is 5. The second kappa shape index (κ2) is 9.55. The summed E-state index contributed by atoms with van der Waals surface area (Å²) in [5.74, 6) is -0.450. The van der Waals surface area contributed by atoms with Gasteiger partial charge in [-0.15, -0.1) is 0 Å². The molecule has 10 heteroatoms. The van der Waals surface area contributed by atoms with E-state index in [9.17, 15) is 12.8 Å².